The molecular weight excluding hydrogens is 256 g/mol. The number of ether oxygens (including phenoxy) is 1. The van der Waals surface area contributed by atoms with Crippen molar-refractivity contribution in [3.63, 3.8) is 0 Å². The van der Waals surface area contributed by atoms with Gasteiger partial charge in [0.25, 0.3) is 5.56 Å². The Bertz CT molecular complexity index is 903. The van der Waals surface area contributed by atoms with Gasteiger partial charge in [0.05, 0.1) is 12.6 Å². The summed E-state index contributed by atoms with van der Waals surface area (Å²) in [4.78, 5) is 27.4. The average molecular weight is 270 g/mol. The van der Waals surface area contributed by atoms with Crippen molar-refractivity contribution in [2.24, 2.45) is 7.05 Å². The van der Waals surface area contributed by atoms with E-state index in [9.17, 15) is 9.59 Å². The molecule has 0 bridgehead atoms. The number of benzene rings is 1. The minimum atomic E-state index is -0.623. The molecule has 3 aromatic rings. The van der Waals surface area contributed by atoms with Gasteiger partial charge in [-0.05, 0) is 13.0 Å². The lowest BCUT2D eigenvalue weighted by molar-refractivity contribution is 0.0600. The van der Waals surface area contributed by atoms with Crippen LogP contribution >= 0.6 is 0 Å². The molecule has 2 aromatic heterocycles. The van der Waals surface area contributed by atoms with E-state index in [4.69, 9.17) is 4.74 Å². The number of carbonyl (C=O) groups is 1. The van der Waals surface area contributed by atoms with Crippen LogP contribution in [-0.4, -0.2) is 22.6 Å². The van der Waals surface area contributed by atoms with E-state index in [-0.39, 0.29) is 11.1 Å². The van der Waals surface area contributed by atoms with Crippen molar-refractivity contribution in [3.05, 3.63) is 45.9 Å². The maximum Gasteiger partial charge on any atom is 0.345 e. The summed E-state index contributed by atoms with van der Waals surface area (Å²) in [5.41, 5.74) is 1.94. The average Bonchev–Trinajstić information content (AvgIpc) is 2.83. The summed E-state index contributed by atoms with van der Waals surface area (Å²) >= 11 is 0. The van der Waals surface area contributed by atoms with Crippen LogP contribution in [0.15, 0.2) is 29.1 Å². The highest BCUT2D eigenvalue weighted by Gasteiger charge is 2.22. The molecule has 1 aromatic carbocycles. The highest BCUT2D eigenvalue weighted by molar-refractivity contribution is 6.14. The molecule has 0 radical (unpaired) electrons. The second kappa shape index (κ2) is 4.23. The number of aromatic amines is 1. The Morgan fingerprint density at radius 3 is 2.70 bits per heavy atom. The number of carbonyl (C=O) groups excluding carboxylic acids is 1. The molecule has 0 saturated carbocycles. The zero-order valence-electron chi connectivity index (χ0n) is 11.5. The predicted molar refractivity (Wildman–Crippen MR) is 77.1 cm³/mol. The van der Waals surface area contributed by atoms with E-state index in [1.165, 1.54) is 11.7 Å². The molecule has 0 aliphatic carbocycles. The van der Waals surface area contributed by atoms with Crippen molar-refractivity contribution >= 4 is 27.8 Å². The van der Waals surface area contributed by atoms with Crippen LogP contribution in [-0.2, 0) is 11.8 Å². The normalized spacial score (nSPS) is 11.2. The summed E-state index contributed by atoms with van der Waals surface area (Å²) in [7, 11) is 2.93. The number of nitrogens with one attached hydrogen (secondary N) is 1. The maximum absolute atomic E-state index is 12.3. The summed E-state index contributed by atoms with van der Waals surface area (Å²) in [6.07, 6.45) is 0. The van der Waals surface area contributed by atoms with Crippen LogP contribution in [0.4, 0.5) is 0 Å². The fraction of sp³-hybridized carbons (Fsp3) is 0.200. The highest BCUT2D eigenvalue weighted by Crippen LogP contribution is 2.28. The van der Waals surface area contributed by atoms with Gasteiger partial charge in [-0.25, -0.2) is 4.79 Å². The number of para-hydroxylation sites is 1. The third kappa shape index (κ3) is 1.49. The molecule has 1 N–H and O–H groups in total. The third-order valence-electron chi connectivity index (χ3n) is 3.73. The molecule has 0 atom stereocenters. The smallest absolute Gasteiger partial charge is 0.345 e. The molecule has 3 rings (SSSR count). The molecule has 0 amide bonds. The van der Waals surface area contributed by atoms with Gasteiger partial charge in [-0.3, -0.25) is 4.79 Å². The Kier molecular flexibility index (Phi) is 2.64. The first-order valence-corrected chi connectivity index (χ1v) is 6.24. The van der Waals surface area contributed by atoms with Gasteiger partial charge in [0.1, 0.15) is 5.56 Å². The van der Waals surface area contributed by atoms with Crippen LogP contribution in [0.1, 0.15) is 16.1 Å². The van der Waals surface area contributed by atoms with Gasteiger partial charge in [0.15, 0.2) is 0 Å². The predicted octanol–water partition coefficient (Wildman–Crippen LogP) is 2.11. The molecule has 0 aliphatic rings. The van der Waals surface area contributed by atoms with Gasteiger partial charge >= 0.3 is 5.97 Å². The van der Waals surface area contributed by atoms with E-state index in [2.05, 4.69) is 4.98 Å². The Morgan fingerprint density at radius 2 is 2.00 bits per heavy atom. The lowest BCUT2D eigenvalue weighted by Crippen LogP contribution is -2.27. The number of hydrogen-bond acceptors (Lipinski definition) is 3. The number of esters is 1. The second-order valence-electron chi connectivity index (χ2n) is 4.74. The Morgan fingerprint density at radius 1 is 1.30 bits per heavy atom. The van der Waals surface area contributed by atoms with Crippen LogP contribution in [0.2, 0.25) is 0 Å². The second-order valence-corrected chi connectivity index (χ2v) is 4.74. The molecule has 20 heavy (non-hydrogen) atoms. The van der Waals surface area contributed by atoms with Crippen molar-refractivity contribution in [1.82, 2.24) is 9.55 Å². The Hall–Kier alpha value is -2.56. The molecule has 0 fully saturated rings. The topological polar surface area (TPSA) is 64.1 Å². The number of rotatable bonds is 1. The van der Waals surface area contributed by atoms with Gasteiger partial charge in [-0.2, -0.15) is 0 Å². The summed E-state index contributed by atoms with van der Waals surface area (Å²) in [6, 6.07) is 7.72. The number of nitrogens with zero attached hydrogens (tertiary/aromatic N) is 1. The van der Waals surface area contributed by atoms with E-state index >= 15 is 0 Å². The summed E-state index contributed by atoms with van der Waals surface area (Å²) in [5.74, 6) is -0.623. The minimum Gasteiger partial charge on any atom is -0.465 e. The first-order valence-electron chi connectivity index (χ1n) is 6.24. The first-order chi connectivity index (χ1) is 9.56. The first kappa shape index (κ1) is 12.5. The minimum absolute atomic E-state index is 0.0480. The molecule has 102 valence electrons. The van der Waals surface area contributed by atoms with Crippen LogP contribution in [0.3, 0.4) is 0 Å². The number of pyridine rings is 1. The molecule has 5 nitrogen and oxygen atoms in total. The lowest BCUT2D eigenvalue weighted by atomic mass is 10.1. The molecule has 0 unspecified atom stereocenters. The molecule has 0 spiro atoms. The number of methoxy groups -OCH3 is 1. The third-order valence-corrected chi connectivity index (χ3v) is 3.73. The van der Waals surface area contributed by atoms with E-state index < -0.39 is 5.97 Å². The lowest BCUT2D eigenvalue weighted by Gasteiger charge is -2.08. The Balaban J connectivity index is 2.63. The standard InChI is InChI=1S/C15H14N2O3/c1-8-11-9-6-4-5-7-10(9)16-13(11)12(15(19)20-3)14(18)17(8)2/h4-7,16H,1-3H3. The molecule has 0 saturated heterocycles. The van der Waals surface area contributed by atoms with Gasteiger partial charge in [-0.15, -0.1) is 0 Å². The van der Waals surface area contributed by atoms with Crippen molar-refractivity contribution in [1.29, 1.82) is 0 Å². The van der Waals surface area contributed by atoms with Crippen molar-refractivity contribution in [3.8, 4) is 0 Å². The zero-order chi connectivity index (χ0) is 14.4. The fourth-order valence-corrected chi connectivity index (χ4v) is 2.59. The molecular formula is C15H14N2O3. The van der Waals surface area contributed by atoms with Crippen molar-refractivity contribution in [2.45, 2.75) is 6.92 Å². The van der Waals surface area contributed by atoms with Crippen LogP contribution < -0.4 is 5.56 Å². The van der Waals surface area contributed by atoms with Crippen LogP contribution in [0.5, 0.6) is 0 Å². The van der Waals surface area contributed by atoms with Gasteiger partial charge in [0, 0.05) is 29.0 Å². The highest BCUT2D eigenvalue weighted by atomic mass is 16.5. The quantitative estimate of drug-likeness (QED) is 0.689. The van der Waals surface area contributed by atoms with E-state index in [1.807, 2.05) is 31.2 Å². The summed E-state index contributed by atoms with van der Waals surface area (Å²) in [6.45, 7) is 1.87. The number of hydrogen-bond donors (Lipinski definition) is 1. The number of H-pyrrole nitrogens is 1. The van der Waals surface area contributed by atoms with Gasteiger partial charge < -0.3 is 14.3 Å². The van der Waals surface area contributed by atoms with Gasteiger partial charge in [0.2, 0.25) is 0 Å². The molecule has 0 aliphatic heterocycles. The zero-order valence-corrected chi connectivity index (χ0v) is 11.5. The Labute approximate surface area is 114 Å². The number of aryl methyl sites for hydroxylation is 1. The van der Waals surface area contributed by atoms with Gasteiger partial charge in [-0.1, -0.05) is 18.2 Å². The summed E-state index contributed by atoms with van der Waals surface area (Å²) in [5, 5.41) is 1.86. The number of aromatic nitrogens is 2. The monoisotopic (exact) mass is 270 g/mol. The van der Waals surface area contributed by atoms with Crippen LogP contribution in [0, 0.1) is 6.92 Å². The summed E-state index contributed by atoms with van der Waals surface area (Å²) < 4.78 is 6.22. The van der Waals surface area contributed by atoms with Crippen LogP contribution in [0.25, 0.3) is 21.8 Å². The number of fused-ring (bicyclic) bond motifs is 3. The SMILES string of the molecule is COC(=O)c1c(=O)n(C)c(C)c2c1[nH]c1ccccc12. The largest absolute Gasteiger partial charge is 0.465 e. The molecule has 2 heterocycles. The van der Waals surface area contributed by atoms with Crippen molar-refractivity contribution < 1.29 is 9.53 Å². The fourth-order valence-electron chi connectivity index (χ4n) is 2.59. The maximum atomic E-state index is 12.3. The molecule has 5 heteroatoms. The van der Waals surface area contributed by atoms with E-state index in [0.29, 0.717) is 5.52 Å². The van der Waals surface area contributed by atoms with Crippen molar-refractivity contribution in [2.75, 3.05) is 7.11 Å². The van der Waals surface area contributed by atoms with E-state index in [1.54, 1.807) is 7.05 Å². The van der Waals surface area contributed by atoms with E-state index in [0.717, 1.165) is 22.0 Å².